The maximum atomic E-state index is 2.34. The fraction of sp³-hybridized carbons (Fsp3) is 1.00. The molecule has 0 aromatic heterocycles. The van der Waals surface area contributed by atoms with Gasteiger partial charge in [-0.3, -0.25) is 0 Å². The van der Waals surface area contributed by atoms with Gasteiger partial charge in [0, 0.05) is 10.5 Å². The summed E-state index contributed by atoms with van der Waals surface area (Å²) in [4.78, 5) is 0. The molecular weight excluding hydrogens is 336 g/mol. The molecule has 0 unspecified atom stereocenters. The number of hydrogen-bond acceptors (Lipinski definition) is 3. The molecule has 8 aliphatic carbocycles. The van der Waals surface area contributed by atoms with Gasteiger partial charge >= 0.3 is 0 Å². The van der Waals surface area contributed by atoms with E-state index in [4.69, 9.17) is 0 Å². The first kappa shape index (κ1) is 15.1. The zero-order valence-electron chi connectivity index (χ0n) is 14.1. The summed E-state index contributed by atoms with van der Waals surface area (Å²) in [6.07, 6.45) is 15.9. The summed E-state index contributed by atoms with van der Waals surface area (Å²) in [5, 5.41) is 2.05. The lowest BCUT2D eigenvalue weighted by atomic mass is 9.56. The molecule has 0 radical (unpaired) electrons. The van der Waals surface area contributed by atoms with Gasteiger partial charge < -0.3 is 0 Å². The summed E-state index contributed by atoms with van der Waals surface area (Å²) in [5.41, 5.74) is 0. The van der Waals surface area contributed by atoms with Crippen molar-refractivity contribution in [3.05, 3.63) is 0 Å². The second kappa shape index (κ2) is 5.78. The van der Waals surface area contributed by atoms with Gasteiger partial charge in [-0.15, -0.1) is 0 Å². The second-order valence-corrected chi connectivity index (χ2v) is 14.4. The van der Waals surface area contributed by atoms with Crippen molar-refractivity contribution in [2.75, 3.05) is 0 Å². The molecule has 3 heteroatoms. The van der Waals surface area contributed by atoms with Crippen LogP contribution in [0.1, 0.15) is 64.2 Å². The Balaban J connectivity index is 1.07. The van der Waals surface area contributed by atoms with Crippen LogP contribution in [0, 0.1) is 47.3 Å². The van der Waals surface area contributed by atoms with E-state index in [0.717, 1.165) is 57.8 Å². The van der Waals surface area contributed by atoms with Gasteiger partial charge in [0.05, 0.1) is 0 Å². The Labute approximate surface area is 153 Å². The Bertz CT molecular complexity index is 378. The van der Waals surface area contributed by atoms with Crippen LogP contribution in [-0.4, -0.2) is 10.5 Å². The van der Waals surface area contributed by atoms with E-state index in [0.29, 0.717) is 0 Å². The minimum atomic E-state index is 1.03. The van der Waals surface area contributed by atoms with Gasteiger partial charge in [0.2, 0.25) is 0 Å². The van der Waals surface area contributed by atoms with E-state index in [1.54, 1.807) is 64.2 Å². The van der Waals surface area contributed by atoms with Crippen LogP contribution in [0.2, 0.25) is 0 Å². The molecule has 0 amide bonds. The van der Waals surface area contributed by atoms with Crippen LogP contribution in [0.3, 0.4) is 0 Å². The molecule has 0 aromatic carbocycles. The molecule has 8 aliphatic rings. The van der Waals surface area contributed by atoms with Crippen molar-refractivity contribution in [3.63, 3.8) is 0 Å². The molecule has 0 saturated heterocycles. The van der Waals surface area contributed by atoms with Crippen LogP contribution in [0.5, 0.6) is 0 Å². The zero-order chi connectivity index (χ0) is 15.0. The van der Waals surface area contributed by atoms with Crippen molar-refractivity contribution in [3.8, 4) is 0 Å². The van der Waals surface area contributed by atoms with Crippen LogP contribution in [0.15, 0.2) is 0 Å². The Morgan fingerprint density at radius 1 is 0.391 bits per heavy atom. The highest BCUT2D eigenvalue weighted by Gasteiger charge is 2.50. The lowest BCUT2D eigenvalue weighted by Crippen LogP contribution is -2.47. The van der Waals surface area contributed by atoms with Gasteiger partial charge in [-0.05, 0) is 121 Å². The van der Waals surface area contributed by atoms with Crippen molar-refractivity contribution in [1.82, 2.24) is 0 Å². The van der Waals surface area contributed by atoms with E-state index >= 15 is 0 Å². The van der Waals surface area contributed by atoms with E-state index in [9.17, 15) is 0 Å². The Hall–Kier alpha value is 1.05. The Morgan fingerprint density at radius 2 is 0.696 bits per heavy atom. The van der Waals surface area contributed by atoms with Gasteiger partial charge in [-0.2, -0.15) is 0 Å². The third kappa shape index (κ3) is 2.57. The molecular formula is C20H30S3. The van der Waals surface area contributed by atoms with Crippen LogP contribution in [0.4, 0.5) is 0 Å². The average Bonchev–Trinajstić information content (AvgIpc) is 2.51. The van der Waals surface area contributed by atoms with Crippen molar-refractivity contribution in [1.29, 1.82) is 0 Å². The Morgan fingerprint density at radius 3 is 1.00 bits per heavy atom. The molecule has 0 nitrogen and oxygen atoms in total. The molecule has 8 saturated carbocycles. The minimum Gasteiger partial charge on any atom is -0.0785 e. The fourth-order valence-electron chi connectivity index (χ4n) is 8.18. The molecule has 0 spiro atoms. The van der Waals surface area contributed by atoms with Crippen LogP contribution in [0.25, 0.3) is 0 Å². The zero-order valence-corrected chi connectivity index (χ0v) is 16.5. The molecule has 0 atom stereocenters. The van der Waals surface area contributed by atoms with E-state index in [2.05, 4.69) is 31.4 Å². The average molecular weight is 367 g/mol. The van der Waals surface area contributed by atoms with E-state index in [1.165, 1.54) is 0 Å². The molecule has 8 bridgehead atoms. The first-order valence-corrected chi connectivity index (χ1v) is 13.9. The monoisotopic (exact) mass is 366 g/mol. The second-order valence-electron chi connectivity index (χ2n) is 10.1. The summed E-state index contributed by atoms with van der Waals surface area (Å²) in [7, 11) is 6.92. The van der Waals surface area contributed by atoms with Crippen molar-refractivity contribution >= 4 is 31.4 Å². The SMILES string of the molecule is C1C2CC3CC1CC(C2)C3SSSC1C2CC3CC(C2)CC1C3. The van der Waals surface area contributed by atoms with E-state index in [1.807, 2.05) is 0 Å². The normalized spacial score (nSPS) is 59.0. The topological polar surface area (TPSA) is 0 Å². The van der Waals surface area contributed by atoms with Crippen molar-refractivity contribution in [2.24, 2.45) is 47.3 Å². The van der Waals surface area contributed by atoms with Gasteiger partial charge in [0.15, 0.2) is 0 Å². The molecule has 0 N–H and O–H groups in total. The highest BCUT2D eigenvalue weighted by molar-refractivity contribution is 9.09. The highest BCUT2D eigenvalue weighted by Crippen LogP contribution is 2.63. The predicted octanol–water partition coefficient (Wildman–Crippen LogP) is 6.67. The lowest BCUT2D eigenvalue weighted by molar-refractivity contribution is 0.0270. The van der Waals surface area contributed by atoms with Gasteiger partial charge in [-0.25, -0.2) is 0 Å². The summed E-state index contributed by atoms with van der Waals surface area (Å²) in [6, 6.07) is 0. The quantitative estimate of drug-likeness (QED) is 0.510. The molecule has 128 valence electrons. The predicted molar refractivity (Wildman–Crippen MR) is 104 cm³/mol. The summed E-state index contributed by atoms with van der Waals surface area (Å²) in [6.45, 7) is 0. The molecule has 23 heavy (non-hydrogen) atoms. The molecule has 8 rings (SSSR count). The van der Waals surface area contributed by atoms with Crippen LogP contribution < -0.4 is 0 Å². The van der Waals surface area contributed by atoms with Crippen LogP contribution >= 0.6 is 31.4 Å². The number of hydrogen-bond donors (Lipinski definition) is 0. The lowest BCUT2D eigenvalue weighted by Gasteiger charge is -2.55. The summed E-state index contributed by atoms with van der Waals surface area (Å²) >= 11 is 0. The van der Waals surface area contributed by atoms with Gasteiger partial charge in [-0.1, -0.05) is 21.6 Å². The standard InChI is InChI=1S/C20H30S3/c1-11-3-15-5-12(1)6-16(4-11)19(15)21-23-22-20-17-7-13-2-14(9-17)10-18(20)8-13/h11-20H,1-10H2. The third-order valence-electron chi connectivity index (χ3n) is 8.58. The van der Waals surface area contributed by atoms with Gasteiger partial charge in [0.1, 0.15) is 0 Å². The highest BCUT2D eigenvalue weighted by atomic mass is 33.5. The van der Waals surface area contributed by atoms with Crippen molar-refractivity contribution < 1.29 is 0 Å². The third-order valence-corrected chi connectivity index (χ3v) is 13.9. The van der Waals surface area contributed by atoms with E-state index in [-0.39, 0.29) is 0 Å². The fourth-order valence-corrected chi connectivity index (χ4v) is 14.5. The van der Waals surface area contributed by atoms with E-state index < -0.39 is 0 Å². The number of rotatable bonds is 4. The first-order chi connectivity index (χ1) is 11.3. The maximum Gasteiger partial charge on any atom is 0.0216 e. The van der Waals surface area contributed by atoms with Crippen LogP contribution in [-0.2, 0) is 0 Å². The smallest absolute Gasteiger partial charge is 0.0216 e. The summed E-state index contributed by atoms with van der Waals surface area (Å²) < 4.78 is 0. The van der Waals surface area contributed by atoms with Gasteiger partial charge in [0.25, 0.3) is 0 Å². The maximum absolute atomic E-state index is 2.34. The molecule has 0 aliphatic heterocycles. The first-order valence-electron chi connectivity index (χ1n) is 10.3. The molecule has 0 heterocycles. The molecule has 8 fully saturated rings. The Kier molecular flexibility index (Phi) is 3.80. The summed E-state index contributed by atoms with van der Waals surface area (Å²) in [5.74, 6) is 8.94. The largest absolute Gasteiger partial charge is 0.0785 e. The van der Waals surface area contributed by atoms with Crippen molar-refractivity contribution in [2.45, 2.75) is 74.7 Å². The minimum absolute atomic E-state index is 1.03. The molecule has 0 aromatic rings.